The standard InChI is InChI=1S/C17H22N4O3S/c1-4-13(12-8-6-5-7-9-12)14-19-20-16(25-14)18-17(24)21(3)10-11(2)15(22)23/h5-9,11,13H,4,10H2,1-3H3,(H,22,23)(H,18,20,24). The summed E-state index contributed by atoms with van der Waals surface area (Å²) >= 11 is 1.33. The van der Waals surface area contributed by atoms with Crippen molar-refractivity contribution in [2.45, 2.75) is 26.2 Å². The lowest BCUT2D eigenvalue weighted by molar-refractivity contribution is -0.141. The fourth-order valence-corrected chi connectivity index (χ4v) is 3.37. The molecular weight excluding hydrogens is 340 g/mol. The molecule has 0 aliphatic heterocycles. The molecule has 2 aromatic rings. The first kappa shape index (κ1) is 18.9. The normalized spacial score (nSPS) is 13.1. The number of carboxylic acids is 1. The first-order valence-corrected chi connectivity index (χ1v) is 8.87. The summed E-state index contributed by atoms with van der Waals surface area (Å²) in [7, 11) is 1.55. The predicted octanol–water partition coefficient (Wildman–Crippen LogP) is 3.26. The highest BCUT2D eigenvalue weighted by atomic mass is 32.1. The molecule has 0 radical (unpaired) electrons. The van der Waals surface area contributed by atoms with Crippen LogP contribution in [0.2, 0.25) is 0 Å². The number of urea groups is 1. The van der Waals surface area contributed by atoms with E-state index in [9.17, 15) is 9.59 Å². The van der Waals surface area contributed by atoms with Crippen molar-refractivity contribution in [1.82, 2.24) is 15.1 Å². The van der Waals surface area contributed by atoms with Crippen molar-refractivity contribution in [2.75, 3.05) is 18.9 Å². The van der Waals surface area contributed by atoms with Gasteiger partial charge in [0.2, 0.25) is 5.13 Å². The first-order chi connectivity index (χ1) is 11.9. The van der Waals surface area contributed by atoms with Crippen molar-refractivity contribution in [2.24, 2.45) is 5.92 Å². The van der Waals surface area contributed by atoms with E-state index in [2.05, 4.69) is 34.6 Å². The average molecular weight is 362 g/mol. The van der Waals surface area contributed by atoms with E-state index in [1.807, 2.05) is 18.2 Å². The van der Waals surface area contributed by atoms with Gasteiger partial charge in [0, 0.05) is 19.5 Å². The Kier molecular flexibility index (Phi) is 6.46. The average Bonchev–Trinajstić information content (AvgIpc) is 3.04. The molecule has 1 aromatic carbocycles. The lowest BCUT2D eigenvalue weighted by atomic mass is 9.97. The van der Waals surface area contributed by atoms with Crippen molar-refractivity contribution in [3.63, 3.8) is 0 Å². The maximum Gasteiger partial charge on any atom is 0.323 e. The number of nitrogens with zero attached hydrogens (tertiary/aromatic N) is 3. The van der Waals surface area contributed by atoms with Crippen LogP contribution in [-0.2, 0) is 4.79 Å². The SMILES string of the molecule is CCC(c1ccccc1)c1nnc(NC(=O)N(C)CC(C)C(=O)O)s1. The number of carboxylic acid groups (broad SMARTS) is 1. The zero-order chi connectivity index (χ0) is 18.4. The molecule has 0 aliphatic carbocycles. The van der Waals surface area contributed by atoms with Crippen LogP contribution < -0.4 is 5.32 Å². The molecule has 2 N–H and O–H groups in total. The number of hydrogen-bond acceptors (Lipinski definition) is 5. The van der Waals surface area contributed by atoms with E-state index in [0.717, 1.165) is 17.0 Å². The van der Waals surface area contributed by atoms with Gasteiger partial charge >= 0.3 is 12.0 Å². The van der Waals surface area contributed by atoms with Gasteiger partial charge in [0.25, 0.3) is 0 Å². The Hall–Kier alpha value is -2.48. The summed E-state index contributed by atoms with van der Waals surface area (Å²) in [6.45, 7) is 3.76. The summed E-state index contributed by atoms with van der Waals surface area (Å²) in [4.78, 5) is 24.4. The number of aliphatic carboxylic acids is 1. The van der Waals surface area contributed by atoms with Gasteiger partial charge in [0.15, 0.2) is 0 Å². The third-order valence-electron chi connectivity index (χ3n) is 3.88. The topological polar surface area (TPSA) is 95.4 Å². The molecule has 0 spiro atoms. The predicted molar refractivity (Wildman–Crippen MR) is 96.9 cm³/mol. The smallest absolute Gasteiger partial charge is 0.323 e. The van der Waals surface area contributed by atoms with Crippen LogP contribution >= 0.6 is 11.3 Å². The van der Waals surface area contributed by atoms with Crippen LogP contribution in [0.1, 0.15) is 36.8 Å². The molecule has 2 rings (SSSR count). The molecular formula is C17H22N4O3S. The molecule has 7 nitrogen and oxygen atoms in total. The molecule has 0 saturated heterocycles. The van der Waals surface area contributed by atoms with E-state index in [1.54, 1.807) is 14.0 Å². The molecule has 8 heteroatoms. The molecule has 0 bridgehead atoms. The Balaban J connectivity index is 2.03. The van der Waals surface area contributed by atoms with Crippen LogP contribution in [0.3, 0.4) is 0 Å². The van der Waals surface area contributed by atoms with E-state index in [0.29, 0.717) is 5.13 Å². The number of aromatic nitrogens is 2. The number of rotatable bonds is 7. The summed E-state index contributed by atoms with van der Waals surface area (Å²) in [5, 5.41) is 21.1. The van der Waals surface area contributed by atoms with Crippen LogP contribution in [0.15, 0.2) is 30.3 Å². The van der Waals surface area contributed by atoms with Crippen LogP contribution in [0.25, 0.3) is 0 Å². The van der Waals surface area contributed by atoms with Crippen LogP contribution in [0.4, 0.5) is 9.93 Å². The Morgan fingerprint density at radius 2 is 1.96 bits per heavy atom. The lowest BCUT2D eigenvalue weighted by Gasteiger charge is -2.18. The fourth-order valence-electron chi connectivity index (χ4n) is 2.42. The minimum Gasteiger partial charge on any atom is -0.481 e. The van der Waals surface area contributed by atoms with Gasteiger partial charge in [-0.15, -0.1) is 10.2 Å². The monoisotopic (exact) mass is 362 g/mol. The van der Waals surface area contributed by atoms with Gasteiger partial charge in [-0.05, 0) is 12.0 Å². The van der Waals surface area contributed by atoms with Crippen molar-refractivity contribution >= 4 is 28.5 Å². The molecule has 2 amide bonds. The summed E-state index contributed by atoms with van der Waals surface area (Å²) in [6, 6.07) is 9.64. The largest absolute Gasteiger partial charge is 0.481 e. The second kappa shape index (κ2) is 8.57. The third-order valence-corrected chi connectivity index (χ3v) is 4.83. The van der Waals surface area contributed by atoms with E-state index in [1.165, 1.54) is 16.2 Å². The summed E-state index contributed by atoms with van der Waals surface area (Å²) in [5.74, 6) is -1.44. The molecule has 25 heavy (non-hydrogen) atoms. The van der Waals surface area contributed by atoms with Gasteiger partial charge in [-0.1, -0.05) is 55.5 Å². The van der Waals surface area contributed by atoms with E-state index >= 15 is 0 Å². The Bertz CT molecular complexity index is 720. The number of benzene rings is 1. The van der Waals surface area contributed by atoms with E-state index in [-0.39, 0.29) is 12.5 Å². The highest BCUT2D eigenvalue weighted by Gasteiger charge is 2.20. The highest BCUT2D eigenvalue weighted by Crippen LogP contribution is 2.31. The van der Waals surface area contributed by atoms with E-state index < -0.39 is 17.9 Å². The summed E-state index contributed by atoms with van der Waals surface area (Å²) < 4.78 is 0. The Morgan fingerprint density at radius 1 is 1.28 bits per heavy atom. The van der Waals surface area contributed by atoms with Gasteiger partial charge in [0.05, 0.1) is 5.92 Å². The number of nitrogens with one attached hydrogen (secondary N) is 1. The minimum absolute atomic E-state index is 0.119. The molecule has 1 heterocycles. The van der Waals surface area contributed by atoms with Gasteiger partial charge in [-0.2, -0.15) is 0 Å². The fraction of sp³-hybridized carbons (Fsp3) is 0.412. The summed E-state index contributed by atoms with van der Waals surface area (Å²) in [6.07, 6.45) is 0.878. The zero-order valence-electron chi connectivity index (χ0n) is 14.5. The molecule has 2 atom stereocenters. The molecule has 0 aliphatic rings. The number of anilines is 1. The van der Waals surface area contributed by atoms with Crippen molar-refractivity contribution in [3.8, 4) is 0 Å². The van der Waals surface area contributed by atoms with Gasteiger partial charge in [0.1, 0.15) is 5.01 Å². The van der Waals surface area contributed by atoms with Gasteiger partial charge in [-0.3, -0.25) is 10.1 Å². The highest BCUT2D eigenvalue weighted by molar-refractivity contribution is 7.15. The second-order valence-electron chi connectivity index (χ2n) is 5.87. The van der Waals surface area contributed by atoms with Gasteiger partial charge < -0.3 is 10.0 Å². The quantitative estimate of drug-likeness (QED) is 0.788. The van der Waals surface area contributed by atoms with Crippen molar-refractivity contribution in [1.29, 1.82) is 0 Å². The molecule has 0 fully saturated rings. The van der Waals surface area contributed by atoms with Crippen molar-refractivity contribution in [3.05, 3.63) is 40.9 Å². The zero-order valence-corrected chi connectivity index (χ0v) is 15.3. The molecule has 0 saturated carbocycles. The molecule has 1 aromatic heterocycles. The Morgan fingerprint density at radius 3 is 2.56 bits per heavy atom. The maximum atomic E-state index is 12.1. The minimum atomic E-state index is -0.938. The summed E-state index contributed by atoms with van der Waals surface area (Å²) in [5.41, 5.74) is 1.16. The van der Waals surface area contributed by atoms with Crippen molar-refractivity contribution < 1.29 is 14.7 Å². The van der Waals surface area contributed by atoms with Crippen LogP contribution in [0, 0.1) is 5.92 Å². The lowest BCUT2D eigenvalue weighted by Crippen LogP contribution is -2.36. The number of amides is 2. The maximum absolute atomic E-state index is 12.1. The molecule has 134 valence electrons. The van der Waals surface area contributed by atoms with Crippen LogP contribution in [-0.4, -0.2) is 45.8 Å². The molecule has 2 unspecified atom stereocenters. The second-order valence-corrected chi connectivity index (χ2v) is 6.88. The van der Waals surface area contributed by atoms with E-state index in [4.69, 9.17) is 5.11 Å². The van der Waals surface area contributed by atoms with Gasteiger partial charge in [-0.25, -0.2) is 4.79 Å². The number of carbonyl (C=O) groups is 2. The van der Waals surface area contributed by atoms with Crippen LogP contribution in [0.5, 0.6) is 0 Å². The number of carbonyl (C=O) groups excluding carboxylic acids is 1. The number of hydrogen-bond donors (Lipinski definition) is 2. The third kappa shape index (κ3) is 4.99. The first-order valence-electron chi connectivity index (χ1n) is 8.05. The Labute approximate surface area is 150 Å².